The lowest BCUT2D eigenvalue weighted by Crippen LogP contribution is -2.62. The summed E-state index contributed by atoms with van der Waals surface area (Å²) in [7, 11) is 1.41. The van der Waals surface area contributed by atoms with E-state index in [0.717, 1.165) is 56.0 Å². The number of carboxylic acid groups (broad SMARTS) is 1. The third kappa shape index (κ3) is 21.9. The van der Waals surface area contributed by atoms with Crippen LogP contribution in [0.15, 0.2) is 122 Å². The van der Waals surface area contributed by atoms with E-state index in [4.69, 9.17) is 36.5 Å². The molecule has 0 spiro atoms. The summed E-state index contributed by atoms with van der Waals surface area (Å²) in [6, 6.07) is 26.6. The van der Waals surface area contributed by atoms with E-state index in [2.05, 4.69) is 120 Å². The minimum Gasteiger partial charge on any atom is -0.481 e. The summed E-state index contributed by atoms with van der Waals surface area (Å²) in [4.78, 5) is 156. The van der Waals surface area contributed by atoms with Crippen LogP contribution in [0.2, 0.25) is 5.02 Å². The lowest BCUT2D eigenvalue weighted by molar-refractivity contribution is -0.149. The molecule has 6 fully saturated rings. The van der Waals surface area contributed by atoms with E-state index in [-0.39, 0.29) is 129 Å². The Bertz CT molecular complexity index is 6230. The predicted octanol–water partition coefficient (Wildman–Crippen LogP) is 14.7. The first-order valence-electron chi connectivity index (χ1n) is 47.3. The highest BCUT2D eigenvalue weighted by Crippen LogP contribution is 2.39. The Labute approximate surface area is 801 Å². The normalized spacial score (nSPS) is 19.7. The van der Waals surface area contributed by atoms with E-state index in [0.29, 0.717) is 162 Å². The number of aliphatic carboxylic acids is 1. The fourth-order valence-corrected chi connectivity index (χ4v) is 19.0. The molecule has 35 heteroatoms. The van der Waals surface area contributed by atoms with Crippen molar-refractivity contribution in [2.24, 2.45) is 23.7 Å². The number of aromatic nitrogens is 12. The molecular weight excluding hydrogens is 1770 g/mol. The summed E-state index contributed by atoms with van der Waals surface area (Å²) in [6.45, 7) is 40.7. The second-order valence-corrected chi connectivity index (χ2v) is 41.3. The molecule has 32 nitrogen and oxygen atoms in total. The highest BCUT2D eigenvalue weighted by molar-refractivity contribution is 6.30. The number of carbonyl (C=O) groups is 10. The fourth-order valence-electron chi connectivity index (χ4n) is 18.9. The van der Waals surface area contributed by atoms with Crippen molar-refractivity contribution in [1.82, 2.24) is 98.4 Å². The Kier molecular flexibility index (Phi) is 29.4. The van der Waals surface area contributed by atoms with E-state index in [1.54, 1.807) is 85.9 Å². The molecule has 8 aromatic heterocycles. The number of nitrogens with one attached hydrogen (secondary N) is 2. The Morgan fingerprint density at radius 3 is 1.14 bits per heavy atom. The number of rotatable bonds is 14. The molecule has 3 N–H and O–H groups in total. The van der Waals surface area contributed by atoms with Crippen molar-refractivity contribution in [3.63, 3.8) is 0 Å². The quantitative estimate of drug-likeness (QED) is 0.0851. The number of hydrogen-bond acceptors (Lipinski definition) is 19. The Balaban J connectivity index is 0.000000147. The van der Waals surface area contributed by atoms with E-state index >= 15 is 0 Å². The van der Waals surface area contributed by atoms with Crippen molar-refractivity contribution in [3.05, 3.63) is 189 Å². The predicted molar refractivity (Wildman–Crippen MR) is 514 cm³/mol. The van der Waals surface area contributed by atoms with E-state index < -0.39 is 29.1 Å². The molecule has 2 atom stereocenters. The van der Waals surface area contributed by atoms with Crippen molar-refractivity contribution < 1.29 is 66.6 Å². The molecule has 2 aliphatic carbocycles. The molecule has 11 aromatic rings. The molecule has 137 heavy (non-hydrogen) atoms. The zero-order valence-electron chi connectivity index (χ0n) is 81.6. The topological polar surface area (TPSA) is 364 Å². The number of piperazine rings is 4. The Morgan fingerprint density at radius 2 is 0.781 bits per heavy atom. The number of carboxylic acids is 1. The number of carbonyl (C=O) groups excluding carboxylic acids is 9. The van der Waals surface area contributed by atoms with Crippen molar-refractivity contribution in [2.75, 3.05) is 72.6 Å². The maximum Gasteiger partial charge on any atom is 0.308 e. The highest BCUT2D eigenvalue weighted by Gasteiger charge is 2.45. The average molecular weight is 1900 g/mol. The molecule has 6 aliphatic rings. The number of halogens is 3. The van der Waals surface area contributed by atoms with Gasteiger partial charge in [-0.15, -0.1) is 0 Å². The third-order valence-corrected chi connectivity index (χ3v) is 27.3. The summed E-state index contributed by atoms with van der Waals surface area (Å²) in [5.74, 6) is -2.66. The summed E-state index contributed by atoms with van der Waals surface area (Å²) < 4.78 is 38.2. The van der Waals surface area contributed by atoms with Crippen LogP contribution in [0.5, 0.6) is 0 Å². The van der Waals surface area contributed by atoms with Gasteiger partial charge in [0.15, 0.2) is 22.6 Å². The highest BCUT2D eigenvalue weighted by atomic mass is 35.5. The van der Waals surface area contributed by atoms with Crippen LogP contribution in [0.1, 0.15) is 264 Å². The molecule has 0 radical (unpaired) electrons. The molecule has 8 amide bonds. The fraction of sp³-hybridized carbons (Fsp3) is 0.490. The first kappa shape index (κ1) is 99.9. The average Bonchev–Trinajstić information content (AvgIpc) is 1.63. The van der Waals surface area contributed by atoms with Crippen LogP contribution < -0.4 is 10.6 Å². The second-order valence-electron chi connectivity index (χ2n) is 40.9. The number of fused-ring (bicyclic) bond motifs is 4. The molecule has 726 valence electrons. The van der Waals surface area contributed by atoms with E-state index in [1.165, 1.54) is 41.2 Å². The van der Waals surface area contributed by atoms with Gasteiger partial charge in [0.1, 0.15) is 46.5 Å². The molecule has 2 saturated carbocycles. The van der Waals surface area contributed by atoms with Crippen LogP contribution in [-0.4, -0.2) is 248 Å². The summed E-state index contributed by atoms with van der Waals surface area (Å²) >= 11 is 6.07. The van der Waals surface area contributed by atoms with Gasteiger partial charge in [0.25, 0.3) is 23.6 Å². The van der Waals surface area contributed by atoms with Crippen LogP contribution in [0.4, 0.5) is 8.78 Å². The summed E-state index contributed by atoms with van der Waals surface area (Å²) in [6.07, 6.45) is 11.7. The molecule has 0 bridgehead atoms. The van der Waals surface area contributed by atoms with Crippen LogP contribution in [0.3, 0.4) is 0 Å². The summed E-state index contributed by atoms with van der Waals surface area (Å²) in [5, 5.41) is 34.1. The van der Waals surface area contributed by atoms with Gasteiger partial charge in [-0.2, -0.15) is 20.4 Å². The second kappa shape index (κ2) is 40.3. The van der Waals surface area contributed by atoms with Gasteiger partial charge in [-0.25, -0.2) is 46.8 Å². The van der Waals surface area contributed by atoms with Gasteiger partial charge in [0.2, 0.25) is 23.6 Å². The minimum absolute atomic E-state index is 0.0669. The lowest BCUT2D eigenvalue weighted by Gasteiger charge is -2.47. The maximum atomic E-state index is 13.8. The number of amides is 8. The molecule has 4 saturated heterocycles. The maximum absolute atomic E-state index is 13.8. The van der Waals surface area contributed by atoms with Crippen LogP contribution >= 0.6 is 11.6 Å². The van der Waals surface area contributed by atoms with Crippen LogP contribution in [0.25, 0.3) is 56.4 Å². The largest absolute Gasteiger partial charge is 0.481 e. The van der Waals surface area contributed by atoms with Gasteiger partial charge in [-0.1, -0.05) is 107 Å². The molecule has 12 heterocycles. The molecule has 4 aliphatic heterocycles. The van der Waals surface area contributed by atoms with Gasteiger partial charge in [0.05, 0.1) is 77.6 Å². The van der Waals surface area contributed by atoms with Gasteiger partial charge in [-0.3, -0.25) is 47.9 Å². The minimum atomic E-state index is -0.775. The number of benzene rings is 3. The van der Waals surface area contributed by atoms with Gasteiger partial charge in [-0.05, 0) is 206 Å². The van der Waals surface area contributed by atoms with Crippen LogP contribution in [0, 0.1) is 35.3 Å². The Morgan fingerprint density at radius 1 is 0.445 bits per heavy atom. The van der Waals surface area contributed by atoms with E-state index in [9.17, 15) is 61.8 Å². The SMILES string of the molecule is CC(C)c1cc(-c2ccc(Cl)cc2)nn2cc(C(=O)N3CCN(C(=O)C4CCC(C(=O)O)CC4)CC3(C)C)nc12.COC(=O)C1CCC(C(=O)N2CCN(C(=O)c3cn4nc(C(C)C)cc(C(C)C)c4n3)C(C)(C)C2)CC1.C[C@@H]1C(=O)NCCN1C(=O)c1cn2nc(-c3ccc(F)cc3)cc(C(C)(C)C)c2n1.C[C@H]1C(=O)NCCN1C(=O)c1cn2nc(-c3ccc(F)cc3)cc(C(C)(C)C)c2n1. The number of imidazole rings is 4. The molecule has 3 aromatic carbocycles. The van der Waals surface area contributed by atoms with Crippen molar-refractivity contribution >= 4 is 93.4 Å². The Hall–Kier alpha value is -13.0. The van der Waals surface area contributed by atoms with Crippen molar-refractivity contribution in [2.45, 2.75) is 228 Å². The zero-order chi connectivity index (χ0) is 99.1. The third-order valence-electron chi connectivity index (χ3n) is 27.0. The van der Waals surface area contributed by atoms with Crippen molar-refractivity contribution in [3.8, 4) is 33.8 Å². The standard InChI is InChI=1S/C30H36ClN5O4.C28H41N5O4.2C22H24FN5O2/c1-18(2)23-15-24(19-9-11-22(31)12-10-19)33-36-16-25(32-26(23)36)28(38)35-14-13-34(17-30(35,3)4)27(37)20-5-7-21(8-6-20)29(39)40;1-17(2)21-14-22(18(3)4)30-33-15-23(29-24(21)33)26(35)32-13-12-31(16-28(32,5)6)25(34)19-8-10-20(11-9-19)27(36)37-7;2*1-13-20(29)24-9-10-27(13)21(30)18-12-28-19(25-18)16(22(2,3)4)11-17(26-28)14-5-7-15(23)8-6-14/h9-12,15-16,18,20-21H,5-8,13-14,17H2,1-4H3,(H,39,40);14-15,17-20H,8-13,16H2,1-7H3;2*5-8,11-13H,9-10H2,1-4H3,(H,24,29)/t;;2*13-/m..10/s1. The number of methoxy groups -OCH3 is 1. The van der Waals surface area contributed by atoms with Gasteiger partial charge in [0, 0.05) is 121 Å². The molecular formula is C102H125ClF2N20O12. The van der Waals surface area contributed by atoms with Gasteiger partial charge < -0.3 is 49.9 Å². The van der Waals surface area contributed by atoms with Crippen molar-refractivity contribution in [1.29, 1.82) is 0 Å². The number of hydrogen-bond donors (Lipinski definition) is 3. The van der Waals surface area contributed by atoms with Crippen LogP contribution in [-0.2, 0) is 44.3 Å². The summed E-state index contributed by atoms with van der Waals surface area (Å²) in [5.41, 5.74) is 11.5. The number of ether oxygens (including phenoxy) is 1. The smallest absolute Gasteiger partial charge is 0.308 e. The molecule has 0 unspecified atom stereocenters. The number of nitrogens with zero attached hydrogens (tertiary/aromatic N) is 18. The monoisotopic (exact) mass is 1890 g/mol. The zero-order valence-corrected chi connectivity index (χ0v) is 82.3. The molecule has 17 rings (SSSR count). The first-order chi connectivity index (χ1) is 64.7. The lowest BCUT2D eigenvalue weighted by atomic mass is 9.81. The number of esters is 1. The van der Waals surface area contributed by atoms with Gasteiger partial charge >= 0.3 is 11.9 Å². The first-order valence-corrected chi connectivity index (χ1v) is 47.6. The van der Waals surface area contributed by atoms with E-state index in [1.807, 2.05) is 84.9 Å².